The van der Waals surface area contributed by atoms with Crippen LogP contribution in [0.4, 0.5) is 11.4 Å². The van der Waals surface area contributed by atoms with E-state index in [1.807, 2.05) is 190 Å². The molecule has 15 rings (SSSR count). The van der Waals surface area contributed by atoms with Crippen LogP contribution in [-0.2, 0) is 0 Å². The standard InChI is InChI=1S/C15H14N2O2.C10H8.C9H7NO.3C8H6N2O.C7H8.2C6H6O.8C2H6.CH4O/c18-14-8-3-1-6-12(14)16-10-5-11-17-13-7-2-4-9-15(13)19;1-2-6-10-8-4-3-7-9(10)5-1;11-8-5-1-3-7-4-2-6-10-9(7)8;11-7-3-1-2-6-4-9-5-10-8(6)7;11-7-3-1-2-6-8(7)10-5-4-9-6;11-7-3-1-2-6-4-5-9-10-8(6)7;1-7-5-3-2-4-6-7;2*7-6-4-2-1-3-5-6;9*1-2/h1-11,16,18-19H;1-8H;1-6,11H;3*1-5,11H;2-6H,1H3;2*1-5,7H;8*1-2H3;2H,1H3/b10-5-,17-11?;;;;;;;;;;;;;;;;;. The van der Waals surface area contributed by atoms with E-state index >= 15 is 0 Å². The third-order valence-corrected chi connectivity index (χ3v) is 12.7. The summed E-state index contributed by atoms with van der Waals surface area (Å²) in [5.74, 6) is 1.76. The van der Waals surface area contributed by atoms with E-state index in [0.717, 1.165) is 23.3 Å². The van der Waals surface area contributed by atoms with Gasteiger partial charge in [-0.1, -0.05) is 304 Å². The van der Waals surface area contributed by atoms with Crippen molar-refractivity contribution >= 4 is 72.1 Å². The SMILES string of the molecule is CC.CC.CC.CC.CC.CC.CC.CC.CO.Cc1ccccc1.Oc1cccc2cccnc12.Oc1cccc2ccnnc12.Oc1cccc2cncnc12.Oc1cccc2nccnc12.Oc1ccccc1.Oc1ccccc1.Oc1ccccc1N=C/C=C\Nc1ccccc1O.c1ccc2ccccc2c1. The number of benzene rings is 11. The number of anilines is 1. The number of aliphatic hydroxyl groups is 1. The highest BCUT2D eigenvalue weighted by molar-refractivity contribution is 5.85. The molecular weight excluding hydrogens is 1400 g/mol. The average Bonchev–Trinajstić information content (AvgIpc) is 0.614. The summed E-state index contributed by atoms with van der Waals surface area (Å²) in [6, 6.07) is 84.7. The molecule has 10 N–H and O–H groups in total. The summed E-state index contributed by atoms with van der Waals surface area (Å²) in [7, 11) is 1.00. The Morgan fingerprint density at radius 3 is 1.12 bits per heavy atom. The van der Waals surface area contributed by atoms with Crippen molar-refractivity contribution in [2.24, 2.45) is 4.99 Å². The van der Waals surface area contributed by atoms with E-state index in [9.17, 15) is 30.6 Å². The summed E-state index contributed by atoms with van der Waals surface area (Å²) in [5, 5.41) is 96.1. The van der Waals surface area contributed by atoms with E-state index in [2.05, 4.69) is 113 Å². The molecule has 0 aliphatic heterocycles. The second-order valence-corrected chi connectivity index (χ2v) is 19.5. The van der Waals surface area contributed by atoms with Gasteiger partial charge >= 0.3 is 0 Å². The van der Waals surface area contributed by atoms with Crippen LogP contribution in [0.2, 0.25) is 0 Å². The minimum Gasteiger partial charge on any atom is -0.508 e. The highest BCUT2D eigenvalue weighted by atomic mass is 16.3. The highest BCUT2D eigenvalue weighted by Crippen LogP contribution is 2.26. The number of rotatable bonds is 4. The normalized spacial score (nSPS) is 8.88. The van der Waals surface area contributed by atoms with Gasteiger partial charge in [-0.15, -0.1) is 5.10 Å². The van der Waals surface area contributed by atoms with E-state index < -0.39 is 0 Å². The van der Waals surface area contributed by atoms with Gasteiger partial charge in [-0.05, 0) is 115 Å². The largest absolute Gasteiger partial charge is 0.508 e. The van der Waals surface area contributed by atoms with Crippen molar-refractivity contribution in [1.29, 1.82) is 0 Å². The first-order chi connectivity index (χ1) is 54.9. The van der Waals surface area contributed by atoms with Gasteiger partial charge in [0.05, 0.1) is 17.4 Å². The highest BCUT2D eigenvalue weighted by Gasteiger charge is 2.01. The fourth-order valence-electron chi connectivity index (χ4n) is 8.06. The van der Waals surface area contributed by atoms with Crippen LogP contribution in [-0.4, -0.2) is 94.4 Å². The molecule has 0 spiro atoms. The summed E-state index contributed by atoms with van der Waals surface area (Å²) in [5.41, 5.74) is 5.53. The average molecular weight is 1520 g/mol. The molecule has 0 atom stereocenters. The van der Waals surface area contributed by atoms with Crippen molar-refractivity contribution in [2.45, 2.75) is 118 Å². The van der Waals surface area contributed by atoms with Gasteiger partial charge in [0.2, 0.25) is 0 Å². The number of pyridine rings is 1. The van der Waals surface area contributed by atoms with Gasteiger partial charge in [0, 0.05) is 60.5 Å². The molecule has 18 heteroatoms. The van der Waals surface area contributed by atoms with Gasteiger partial charge in [-0.2, -0.15) is 5.10 Å². The van der Waals surface area contributed by atoms with Gasteiger partial charge in [0.15, 0.2) is 0 Å². The molecule has 0 aliphatic carbocycles. The zero-order valence-electron chi connectivity index (χ0n) is 68.4. The van der Waals surface area contributed by atoms with Crippen molar-refractivity contribution in [3.63, 3.8) is 0 Å². The molecule has 112 heavy (non-hydrogen) atoms. The number of aliphatic imine (C=N–C) groups is 1. The molecule has 15 aromatic rings. The Morgan fingerprint density at radius 2 is 0.679 bits per heavy atom. The zero-order chi connectivity index (χ0) is 84.4. The third-order valence-electron chi connectivity index (χ3n) is 12.7. The number of fused-ring (bicyclic) bond motifs is 5. The number of hydrogen-bond donors (Lipinski definition) is 10. The lowest BCUT2D eigenvalue weighted by atomic mass is 10.1. The summed E-state index contributed by atoms with van der Waals surface area (Å²) in [4.78, 5) is 23.9. The molecule has 0 unspecified atom stereocenters. The number of aliphatic hydroxyl groups excluding tert-OH is 1. The lowest BCUT2D eigenvalue weighted by molar-refractivity contribution is 0.399. The van der Waals surface area contributed by atoms with Crippen molar-refractivity contribution in [3.8, 4) is 46.0 Å². The molecule has 0 saturated carbocycles. The summed E-state index contributed by atoms with van der Waals surface area (Å²) in [6.45, 7) is 34.1. The molecule has 4 aromatic heterocycles. The number of aromatic hydroxyl groups is 8. The van der Waals surface area contributed by atoms with Crippen LogP contribution in [0.5, 0.6) is 46.0 Å². The summed E-state index contributed by atoms with van der Waals surface area (Å²) < 4.78 is 0. The molecule has 594 valence electrons. The van der Waals surface area contributed by atoms with Crippen LogP contribution in [0.15, 0.2) is 334 Å². The predicted octanol–water partition coefficient (Wildman–Crippen LogP) is 24.8. The first kappa shape index (κ1) is 103. The zero-order valence-corrected chi connectivity index (χ0v) is 68.4. The number of aryl methyl sites for hydroxylation is 1. The molecule has 0 amide bonds. The molecule has 0 aliphatic rings. The molecule has 11 aromatic carbocycles. The monoisotopic (exact) mass is 1520 g/mol. The number of para-hydroxylation sites is 9. The van der Waals surface area contributed by atoms with Crippen molar-refractivity contribution in [3.05, 3.63) is 334 Å². The number of nitrogens with one attached hydrogen (secondary N) is 1. The number of allylic oxidation sites excluding steroid dienone is 1. The van der Waals surface area contributed by atoms with Crippen molar-refractivity contribution in [1.82, 2.24) is 35.1 Å². The Labute approximate surface area is 665 Å². The fraction of sp³-hybridized carbons (Fsp3) is 0.191. The van der Waals surface area contributed by atoms with Crippen LogP contribution < -0.4 is 5.32 Å². The van der Waals surface area contributed by atoms with Crippen LogP contribution in [0.3, 0.4) is 0 Å². The second kappa shape index (κ2) is 70.6. The number of hydrogen-bond acceptors (Lipinski definition) is 18. The van der Waals surface area contributed by atoms with Gasteiger partial charge in [0.1, 0.15) is 80.1 Å². The molecule has 18 nitrogen and oxygen atoms in total. The van der Waals surface area contributed by atoms with E-state index in [0.29, 0.717) is 50.5 Å². The van der Waals surface area contributed by atoms with Gasteiger partial charge in [-0.3, -0.25) is 15.0 Å². The van der Waals surface area contributed by atoms with E-state index in [-0.39, 0.29) is 34.5 Å². The lowest BCUT2D eigenvalue weighted by Crippen LogP contribution is -1.87. The number of nitrogens with zero attached hydrogens (tertiary/aromatic N) is 8. The molecule has 0 radical (unpaired) electrons. The Hall–Kier alpha value is -13.3. The quantitative estimate of drug-likeness (QED) is 0.0578. The summed E-state index contributed by atoms with van der Waals surface area (Å²) in [6.07, 6.45) is 14.4. The van der Waals surface area contributed by atoms with E-state index in [4.69, 9.17) is 15.3 Å². The van der Waals surface area contributed by atoms with Crippen LogP contribution in [0.25, 0.3) is 54.5 Å². The Kier molecular flexibility index (Phi) is 64.9. The molecule has 4 heterocycles. The van der Waals surface area contributed by atoms with Gasteiger partial charge in [-0.25, -0.2) is 15.0 Å². The maximum atomic E-state index is 9.52. The first-order valence-corrected chi connectivity index (χ1v) is 37.5. The van der Waals surface area contributed by atoms with Gasteiger partial charge in [0.25, 0.3) is 0 Å². The van der Waals surface area contributed by atoms with Crippen LogP contribution in [0, 0.1) is 6.92 Å². The fourth-order valence-corrected chi connectivity index (χ4v) is 8.06. The van der Waals surface area contributed by atoms with Crippen LogP contribution in [0.1, 0.15) is 116 Å². The topological polar surface area (TPSA) is 297 Å². The van der Waals surface area contributed by atoms with E-state index in [1.54, 1.807) is 189 Å². The molecule has 0 bridgehead atoms. The van der Waals surface area contributed by atoms with Crippen LogP contribution >= 0.6 is 0 Å². The second-order valence-electron chi connectivity index (χ2n) is 19.5. The smallest absolute Gasteiger partial charge is 0.143 e. The third kappa shape index (κ3) is 43.5. The van der Waals surface area contributed by atoms with Crippen molar-refractivity contribution in [2.75, 3.05) is 12.4 Å². The van der Waals surface area contributed by atoms with E-state index in [1.165, 1.54) is 22.7 Å². The van der Waals surface area contributed by atoms with Gasteiger partial charge < -0.3 is 51.3 Å². The Bertz CT molecular complexity index is 4270. The lowest BCUT2D eigenvalue weighted by Gasteiger charge is -2.01. The Morgan fingerprint density at radius 1 is 0.304 bits per heavy atom. The van der Waals surface area contributed by atoms with Crippen molar-refractivity contribution < 1.29 is 46.0 Å². The molecular formula is C94H119N9O9. The maximum Gasteiger partial charge on any atom is 0.143 e. The minimum atomic E-state index is 0.140. The number of phenols is 8. The number of aromatic nitrogens is 7. The minimum absolute atomic E-state index is 0.140. The summed E-state index contributed by atoms with van der Waals surface area (Å²) >= 11 is 0. The Balaban J connectivity index is -0.00000118. The first-order valence-electron chi connectivity index (χ1n) is 37.5. The molecule has 0 saturated heterocycles. The number of phenolic OH excluding ortho intramolecular Hbond substituents is 8. The predicted molar refractivity (Wildman–Crippen MR) is 474 cm³/mol. The molecule has 0 fully saturated rings. The maximum absolute atomic E-state index is 9.52.